The van der Waals surface area contributed by atoms with Crippen LogP contribution in [-0.2, 0) is 11.3 Å². The fourth-order valence-electron chi connectivity index (χ4n) is 2.49. The third-order valence-electron chi connectivity index (χ3n) is 3.78. The number of aryl methyl sites for hydroxylation is 1. The van der Waals surface area contributed by atoms with Crippen LogP contribution in [0.15, 0.2) is 59.6 Å². The molecule has 1 aromatic carbocycles. The normalized spacial score (nSPS) is 10.8. The number of hydrogen-bond donors (Lipinski definition) is 2. The Morgan fingerprint density at radius 2 is 2.00 bits per heavy atom. The summed E-state index contributed by atoms with van der Waals surface area (Å²) in [6.45, 7) is 0.514. The Hall–Kier alpha value is -3.75. The largest absolute Gasteiger partial charge is 0.340 e. The summed E-state index contributed by atoms with van der Waals surface area (Å²) >= 11 is 0. The van der Waals surface area contributed by atoms with E-state index in [1.165, 1.54) is 0 Å². The van der Waals surface area contributed by atoms with Gasteiger partial charge in [0.15, 0.2) is 0 Å². The lowest BCUT2D eigenvalue weighted by Crippen LogP contribution is -2.30. The Morgan fingerprint density at radius 1 is 1.15 bits per heavy atom. The minimum Gasteiger partial charge on any atom is -0.330 e. The molecule has 4 aromatic rings. The minimum atomic E-state index is -0.202. The van der Waals surface area contributed by atoms with Crippen LogP contribution >= 0.6 is 0 Å². The van der Waals surface area contributed by atoms with Crippen LogP contribution in [0.25, 0.3) is 22.4 Å². The SMILES string of the molecule is O=C(CCn1cnc2ccccc21)NNc1nc(-c2ccncc2)no1. The minimum absolute atomic E-state index is 0.109. The molecule has 130 valence electrons. The van der Waals surface area contributed by atoms with Crippen LogP contribution < -0.4 is 10.9 Å². The number of hydrazine groups is 1. The molecule has 0 fully saturated rings. The molecule has 3 heterocycles. The molecular weight excluding hydrogens is 334 g/mol. The van der Waals surface area contributed by atoms with E-state index in [0.717, 1.165) is 16.6 Å². The maximum atomic E-state index is 12.0. The highest BCUT2D eigenvalue weighted by molar-refractivity contribution is 5.78. The van der Waals surface area contributed by atoms with Crippen molar-refractivity contribution in [2.45, 2.75) is 13.0 Å². The van der Waals surface area contributed by atoms with E-state index in [4.69, 9.17) is 4.52 Å². The van der Waals surface area contributed by atoms with Gasteiger partial charge in [0, 0.05) is 30.9 Å². The van der Waals surface area contributed by atoms with E-state index in [0.29, 0.717) is 12.4 Å². The Labute approximate surface area is 148 Å². The van der Waals surface area contributed by atoms with Gasteiger partial charge in [0.25, 0.3) is 0 Å². The van der Waals surface area contributed by atoms with Gasteiger partial charge in [-0.15, -0.1) is 0 Å². The number of fused-ring (bicyclic) bond motifs is 1. The lowest BCUT2D eigenvalue weighted by Gasteiger charge is -2.06. The summed E-state index contributed by atoms with van der Waals surface area (Å²) in [5.74, 6) is 0.209. The first-order chi connectivity index (χ1) is 12.8. The second kappa shape index (κ2) is 7.01. The molecule has 4 rings (SSSR count). The number of amides is 1. The van der Waals surface area contributed by atoms with Gasteiger partial charge in [-0.1, -0.05) is 17.3 Å². The fraction of sp³-hybridized carbons (Fsp3) is 0.118. The molecule has 0 aliphatic rings. The predicted molar refractivity (Wildman–Crippen MR) is 93.6 cm³/mol. The molecule has 0 spiro atoms. The summed E-state index contributed by atoms with van der Waals surface area (Å²) in [5.41, 5.74) is 7.83. The van der Waals surface area contributed by atoms with Crippen LogP contribution in [0.3, 0.4) is 0 Å². The standard InChI is InChI=1S/C17H15N7O2/c25-15(7-10-24-11-19-13-3-1-2-4-14(13)24)21-22-17-20-16(23-26-17)12-5-8-18-9-6-12/h1-6,8-9,11H,7,10H2,(H,21,25)(H,20,22,23). The number of nitrogens with zero attached hydrogens (tertiary/aromatic N) is 5. The average molecular weight is 349 g/mol. The summed E-state index contributed by atoms with van der Waals surface area (Å²) < 4.78 is 6.99. The Kier molecular flexibility index (Phi) is 4.25. The second-order valence-corrected chi connectivity index (χ2v) is 5.51. The van der Waals surface area contributed by atoms with Crippen molar-refractivity contribution in [2.24, 2.45) is 0 Å². The summed E-state index contributed by atoms with van der Waals surface area (Å²) in [6, 6.07) is 11.4. The fourth-order valence-corrected chi connectivity index (χ4v) is 2.49. The smallest absolute Gasteiger partial charge is 0.330 e. The van der Waals surface area contributed by atoms with Gasteiger partial charge >= 0.3 is 6.01 Å². The number of pyridine rings is 1. The predicted octanol–water partition coefficient (Wildman–Crippen LogP) is 2.01. The number of hydrogen-bond acceptors (Lipinski definition) is 7. The Bertz CT molecular complexity index is 1030. The first-order valence-electron chi connectivity index (χ1n) is 7.98. The first-order valence-corrected chi connectivity index (χ1v) is 7.98. The molecule has 0 radical (unpaired) electrons. The van der Waals surface area contributed by atoms with Crippen molar-refractivity contribution in [1.82, 2.24) is 30.1 Å². The van der Waals surface area contributed by atoms with Crippen molar-refractivity contribution in [3.63, 3.8) is 0 Å². The quantitative estimate of drug-likeness (QED) is 0.512. The summed E-state index contributed by atoms with van der Waals surface area (Å²) in [5, 5.41) is 3.85. The molecule has 0 unspecified atom stereocenters. The van der Waals surface area contributed by atoms with Gasteiger partial charge in [0.05, 0.1) is 17.4 Å². The number of carbonyl (C=O) groups is 1. The number of benzene rings is 1. The van der Waals surface area contributed by atoms with Gasteiger partial charge in [-0.3, -0.25) is 15.2 Å². The molecule has 0 atom stereocenters. The molecule has 9 heteroatoms. The number of imidazole rings is 1. The van der Waals surface area contributed by atoms with Crippen LogP contribution in [0.2, 0.25) is 0 Å². The molecule has 2 N–H and O–H groups in total. The summed E-state index contributed by atoms with van der Waals surface area (Å²) in [4.78, 5) is 24.4. The van der Waals surface area contributed by atoms with Crippen molar-refractivity contribution in [1.29, 1.82) is 0 Å². The van der Waals surface area contributed by atoms with Crippen molar-refractivity contribution >= 4 is 23.0 Å². The highest BCUT2D eigenvalue weighted by Gasteiger charge is 2.10. The van der Waals surface area contributed by atoms with Crippen LogP contribution in [0.5, 0.6) is 0 Å². The zero-order valence-corrected chi connectivity index (χ0v) is 13.7. The van der Waals surface area contributed by atoms with Gasteiger partial charge in [0.1, 0.15) is 0 Å². The first kappa shape index (κ1) is 15.8. The molecule has 26 heavy (non-hydrogen) atoms. The number of rotatable bonds is 6. The monoisotopic (exact) mass is 349 g/mol. The molecular formula is C17H15N7O2. The van der Waals surface area contributed by atoms with Gasteiger partial charge in [0.2, 0.25) is 11.7 Å². The third-order valence-corrected chi connectivity index (χ3v) is 3.78. The highest BCUT2D eigenvalue weighted by atomic mass is 16.5. The number of anilines is 1. The van der Waals surface area contributed by atoms with Crippen LogP contribution in [0.1, 0.15) is 6.42 Å². The van der Waals surface area contributed by atoms with Crippen molar-refractivity contribution < 1.29 is 9.32 Å². The molecule has 1 amide bonds. The third kappa shape index (κ3) is 3.36. The van der Waals surface area contributed by atoms with Crippen molar-refractivity contribution in [3.05, 3.63) is 55.1 Å². The highest BCUT2D eigenvalue weighted by Crippen LogP contribution is 2.15. The zero-order chi connectivity index (χ0) is 17.8. The number of carbonyl (C=O) groups excluding carboxylic acids is 1. The van der Waals surface area contributed by atoms with Crippen LogP contribution in [-0.4, -0.2) is 30.6 Å². The zero-order valence-electron chi connectivity index (χ0n) is 13.7. The Balaban J connectivity index is 1.31. The van der Waals surface area contributed by atoms with E-state index >= 15 is 0 Å². The van der Waals surface area contributed by atoms with Crippen LogP contribution in [0, 0.1) is 0 Å². The molecule has 0 aliphatic heterocycles. The Morgan fingerprint density at radius 3 is 2.88 bits per heavy atom. The molecule has 0 aliphatic carbocycles. The number of para-hydroxylation sites is 2. The molecule has 9 nitrogen and oxygen atoms in total. The molecule has 3 aromatic heterocycles. The van der Waals surface area contributed by atoms with Gasteiger partial charge < -0.3 is 9.09 Å². The van der Waals surface area contributed by atoms with Crippen molar-refractivity contribution in [2.75, 3.05) is 5.43 Å². The van der Waals surface area contributed by atoms with Crippen molar-refractivity contribution in [3.8, 4) is 11.4 Å². The van der Waals surface area contributed by atoms with Crippen LogP contribution in [0.4, 0.5) is 6.01 Å². The van der Waals surface area contributed by atoms with E-state index in [-0.39, 0.29) is 18.3 Å². The molecule has 0 saturated carbocycles. The van der Waals surface area contributed by atoms with E-state index in [1.54, 1.807) is 30.9 Å². The summed E-state index contributed by atoms with van der Waals surface area (Å²) in [7, 11) is 0. The summed E-state index contributed by atoms with van der Waals surface area (Å²) in [6.07, 6.45) is 5.28. The van der Waals surface area contributed by atoms with Gasteiger partial charge in [-0.25, -0.2) is 10.4 Å². The maximum absolute atomic E-state index is 12.0. The lowest BCUT2D eigenvalue weighted by atomic mass is 10.3. The molecule has 0 bridgehead atoms. The van der Waals surface area contributed by atoms with Gasteiger partial charge in [-0.05, 0) is 24.3 Å². The number of aromatic nitrogens is 5. The maximum Gasteiger partial charge on any atom is 0.340 e. The van der Waals surface area contributed by atoms with E-state index in [9.17, 15) is 4.79 Å². The average Bonchev–Trinajstić information content (AvgIpc) is 3.33. The molecule has 0 saturated heterocycles. The van der Waals surface area contributed by atoms with E-state index in [1.807, 2.05) is 28.8 Å². The lowest BCUT2D eigenvalue weighted by molar-refractivity contribution is -0.120. The van der Waals surface area contributed by atoms with E-state index < -0.39 is 0 Å². The topological polar surface area (TPSA) is 111 Å². The van der Waals surface area contributed by atoms with Gasteiger partial charge in [-0.2, -0.15) is 4.98 Å². The van der Waals surface area contributed by atoms with E-state index in [2.05, 4.69) is 31.0 Å². The number of nitrogens with one attached hydrogen (secondary N) is 2. The second-order valence-electron chi connectivity index (χ2n) is 5.51.